The molecule has 138 valence electrons. The van der Waals surface area contributed by atoms with Crippen molar-refractivity contribution in [3.8, 4) is 0 Å². The second-order valence-corrected chi connectivity index (χ2v) is 6.26. The largest absolute Gasteiger partial charge is 0.420 e. The van der Waals surface area contributed by atoms with Crippen molar-refractivity contribution in [1.29, 1.82) is 0 Å². The first-order chi connectivity index (χ1) is 13.5. The number of oxazole rings is 1. The maximum absolute atomic E-state index is 13.1. The topological polar surface area (TPSA) is 69.3 Å². The highest BCUT2D eigenvalue weighted by atomic mass is 19.1. The van der Waals surface area contributed by atoms with Gasteiger partial charge in [-0.25, -0.2) is 9.18 Å². The van der Waals surface area contributed by atoms with Gasteiger partial charge in [0.15, 0.2) is 17.1 Å². The smallest absolute Gasteiger partial charge is 0.408 e. The van der Waals surface area contributed by atoms with Gasteiger partial charge in [-0.2, -0.15) is 0 Å². The number of hydrogen-bond acceptors (Lipinski definition) is 4. The number of fused-ring (bicyclic) bond motifs is 1. The number of Topliss-reactive ketones (excluding diaryl/α,β-unsaturated/α-hetero) is 1. The Morgan fingerprint density at radius 2 is 1.54 bits per heavy atom. The number of ketones is 2. The molecule has 0 atom stereocenters. The van der Waals surface area contributed by atoms with Gasteiger partial charge in [-0.05, 0) is 42.5 Å². The molecule has 4 aromatic rings. The van der Waals surface area contributed by atoms with Crippen molar-refractivity contribution in [2.75, 3.05) is 0 Å². The molecule has 28 heavy (non-hydrogen) atoms. The van der Waals surface area contributed by atoms with E-state index in [4.69, 9.17) is 4.42 Å². The molecule has 4 rings (SSSR count). The minimum absolute atomic E-state index is 0.204. The van der Waals surface area contributed by atoms with Crippen molar-refractivity contribution in [1.82, 2.24) is 4.57 Å². The molecule has 0 unspecified atom stereocenters. The number of benzene rings is 3. The molecule has 0 fully saturated rings. The van der Waals surface area contributed by atoms with Gasteiger partial charge < -0.3 is 4.42 Å². The summed E-state index contributed by atoms with van der Waals surface area (Å²) in [7, 11) is 0. The molecule has 0 aliphatic heterocycles. The van der Waals surface area contributed by atoms with Crippen LogP contribution in [0.4, 0.5) is 4.39 Å². The third-order valence-electron chi connectivity index (χ3n) is 4.43. The van der Waals surface area contributed by atoms with Crippen molar-refractivity contribution in [3.05, 3.63) is 106 Å². The number of nitrogens with zero attached hydrogens (tertiary/aromatic N) is 1. The van der Waals surface area contributed by atoms with E-state index in [0.29, 0.717) is 22.2 Å². The van der Waals surface area contributed by atoms with Crippen LogP contribution in [0.2, 0.25) is 0 Å². The van der Waals surface area contributed by atoms with E-state index < -0.39 is 11.6 Å². The SMILES string of the molecule is O=C(Cn1c(=O)oc2ccc(C(=O)c3ccc(F)cc3)cc21)c1ccccc1. The molecule has 1 heterocycles. The fourth-order valence-electron chi connectivity index (χ4n) is 2.98. The predicted molar refractivity (Wildman–Crippen MR) is 101 cm³/mol. The molecule has 0 aliphatic rings. The van der Waals surface area contributed by atoms with Gasteiger partial charge in [-0.3, -0.25) is 14.2 Å². The van der Waals surface area contributed by atoms with Gasteiger partial charge in [-0.1, -0.05) is 30.3 Å². The summed E-state index contributed by atoms with van der Waals surface area (Å²) in [6.45, 7) is -0.204. The molecule has 0 bridgehead atoms. The zero-order valence-corrected chi connectivity index (χ0v) is 14.6. The lowest BCUT2D eigenvalue weighted by molar-refractivity contribution is 0.0970. The lowest BCUT2D eigenvalue weighted by Gasteiger charge is -2.04. The molecule has 0 saturated carbocycles. The molecule has 3 aromatic carbocycles. The second-order valence-electron chi connectivity index (χ2n) is 6.26. The maximum Gasteiger partial charge on any atom is 0.420 e. The first-order valence-corrected chi connectivity index (χ1v) is 8.55. The van der Waals surface area contributed by atoms with Crippen LogP contribution in [0.3, 0.4) is 0 Å². The number of aromatic nitrogens is 1. The highest BCUT2D eigenvalue weighted by molar-refractivity contribution is 6.10. The summed E-state index contributed by atoms with van der Waals surface area (Å²) >= 11 is 0. The Morgan fingerprint density at radius 1 is 0.857 bits per heavy atom. The molecule has 0 saturated heterocycles. The highest BCUT2D eigenvalue weighted by Crippen LogP contribution is 2.19. The standard InChI is InChI=1S/C22H14FNO4/c23-17-9-6-15(7-10-17)21(26)16-8-11-20-18(12-16)24(22(27)28-20)13-19(25)14-4-2-1-3-5-14/h1-12H,13H2. The summed E-state index contributed by atoms with van der Waals surface area (Å²) < 4.78 is 19.5. The minimum Gasteiger partial charge on any atom is -0.408 e. The number of halogens is 1. The van der Waals surface area contributed by atoms with E-state index in [1.807, 2.05) is 0 Å². The van der Waals surface area contributed by atoms with E-state index in [-0.39, 0.29) is 23.7 Å². The van der Waals surface area contributed by atoms with Crippen molar-refractivity contribution in [2.24, 2.45) is 0 Å². The number of hydrogen-bond donors (Lipinski definition) is 0. The Labute approximate surface area is 158 Å². The lowest BCUT2D eigenvalue weighted by Crippen LogP contribution is -2.20. The Balaban J connectivity index is 1.72. The average molecular weight is 375 g/mol. The summed E-state index contributed by atoms with van der Waals surface area (Å²) in [6.07, 6.45) is 0. The molecule has 5 nitrogen and oxygen atoms in total. The van der Waals surface area contributed by atoms with Crippen molar-refractivity contribution in [2.45, 2.75) is 6.54 Å². The zero-order valence-electron chi connectivity index (χ0n) is 14.6. The van der Waals surface area contributed by atoms with Gasteiger partial charge in [0.1, 0.15) is 5.82 Å². The van der Waals surface area contributed by atoms with Crippen LogP contribution in [0.15, 0.2) is 82.0 Å². The highest BCUT2D eigenvalue weighted by Gasteiger charge is 2.17. The van der Waals surface area contributed by atoms with Gasteiger partial charge in [0.25, 0.3) is 0 Å². The summed E-state index contributed by atoms with van der Waals surface area (Å²) in [5.74, 6) is -1.68. The van der Waals surface area contributed by atoms with Gasteiger partial charge in [0.2, 0.25) is 0 Å². The van der Waals surface area contributed by atoms with Crippen molar-refractivity contribution in [3.63, 3.8) is 0 Å². The van der Waals surface area contributed by atoms with Gasteiger partial charge in [-0.15, -0.1) is 0 Å². The summed E-state index contributed by atoms with van der Waals surface area (Å²) in [5, 5.41) is 0. The Bertz CT molecular complexity index is 1240. The van der Waals surface area contributed by atoms with E-state index in [1.54, 1.807) is 30.3 Å². The summed E-state index contributed by atoms with van der Waals surface area (Å²) in [4.78, 5) is 37.3. The molecule has 0 aliphatic carbocycles. The molecule has 0 amide bonds. The van der Waals surface area contributed by atoms with Crippen molar-refractivity contribution >= 4 is 22.7 Å². The lowest BCUT2D eigenvalue weighted by atomic mass is 10.0. The van der Waals surface area contributed by atoms with Crippen LogP contribution in [0.25, 0.3) is 11.1 Å². The quantitative estimate of drug-likeness (QED) is 0.497. The van der Waals surface area contributed by atoms with Crippen LogP contribution >= 0.6 is 0 Å². The van der Waals surface area contributed by atoms with Crippen LogP contribution < -0.4 is 5.76 Å². The summed E-state index contributed by atoms with van der Waals surface area (Å²) in [6, 6.07) is 18.3. The fourth-order valence-corrected chi connectivity index (χ4v) is 2.98. The maximum atomic E-state index is 13.1. The average Bonchev–Trinajstić information content (AvgIpc) is 3.03. The molecule has 1 aromatic heterocycles. The third-order valence-corrected chi connectivity index (χ3v) is 4.43. The van der Waals surface area contributed by atoms with Gasteiger partial charge in [0, 0.05) is 16.7 Å². The summed E-state index contributed by atoms with van der Waals surface area (Å²) in [5.41, 5.74) is 1.73. The Morgan fingerprint density at radius 3 is 2.25 bits per heavy atom. The number of carbonyl (C=O) groups is 2. The van der Waals surface area contributed by atoms with E-state index in [0.717, 1.165) is 0 Å². The molecule has 6 heteroatoms. The predicted octanol–water partition coefficient (Wildman–Crippen LogP) is 3.85. The van der Waals surface area contributed by atoms with E-state index in [1.165, 1.54) is 47.0 Å². The van der Waals surface area contributed by atoms with Crippen LogP contribution in [0, 0.1) is 5.82 Å². The first kappa shape index (κ1) is 17.6. The Kier molecular flexibility index (Phi) is 4.45. The number of rotatable bonds is 5. The van der Waals surface area contributed by atoms with Crippen molar-refractivity contribution < 1.29 is 18.4 Å². The first-order valence-electron chi connectivity index (χ1n) is 8.55. The number of carbonyl (C=O) groups excluding carboxylic acids is 2. The monoisotopic (exact) mass is 375 g/mol. The second kappa shape index (κ2) is 7.08. The van der Waals surface area contributed by atoms with Gasteiger partial charge >= 0.3 is 5.76 Å². The molecular formula is C22H14FNO4. The van der Waals surface area contributed by atoms with E-state index in [2.05, 4.69) is 0 Å². The molecule has 0 spiro atoms. The minimum atomic E-state index is -0.675. The van der Waals surface area contributed by atoms with Crippen LogP contribution in [0.1, 0.15) is 26.3 Å². The Hall–Kier alpha value is -3.80. The third kappa shape index (κ3) is 3.27. The molecular weight excluding hydrogens is 361 g/mol. The van der Waals surface area contributed by atoms with Crippen LogP contribution in [-0.2, 0) is 6.54 Å². The molecule has 0 N–H and O–H groups in total. The molecule has 0 radical (unpaired) electrons. The van der Waals surface area contributed by atoms with Crippen LogP contribution in [-0.4, -0.2) is 16.1 Å². The fraction of sp³-hybridized carbons (Fsp3) is 0.0455. The van der Waals surface area contributed by atoms with E-state index in [9.17, 15) is 18.8 Å². The normalized spacial score (nSPS) is 10.9. The van der Waals surface area contributed by atoms with Gasteiger partial charge in [0.05, 0.1) is 12.1 Å². The van der Waals surface area contributed by atoms with E-state index >= 15 is 0 Å². The zero-order chi connectivity index (χ0) is 19.7. The van der Waals surface area contributed by atoms with Crippen LogP contribution in [0.5, 0.6) is 0 Å².